The highest BCUT2D eigenvalue weighted by molar-refractivity contribution is 5.82. The van der Waals surface area contributed by atoms with Crippen molar-refractivity contribution in [1.82, 2.24) is 0 Å². The average Bonchev–Trinajstić information content (AvgIpc) is 1.80. The van der Waals surface area contributed by atoms with Gasteiger partial charge >= 0.3 is 6.18 Å². The van der Waals surface area contributed by atoms with Crippen molar-refractivity contribution in [3.63, 3.8) is 0 Å². The first kappa shape index (κ1) is 10.4. The lowest BCUT2D eigenvalue weighted by Gasteiger charge is -2.05. The molecule has 11 heavy (non-hydrogen) atoms. The third-order valence-corrected chi connectivity index (χ3v) is 1.12. The molecule has 0 radical (unpaired) electrons. The van der Waals surface area contributed by atoms with Gasteiger partial charge in [0.05, 0.1) is 6.42 Å². The van der Waals surface area contributed by atoms with Crippen molar-refractivity contribution in [1.29, 1.82) is 0 Å². The Balaban J connectivity index is 3.64. The lowest BCUT2D eigenvalue weighted by Crippen LogP contribution is -2.19. The Labute approximate surface area is 62.0 Å². The van der Waals surface area contributed by atoms with E-state index in [4.69, 9.17) is 5.11 Å². The molecule has 1 N–H and O–H groups in total. The smallest absolute Gasteiger partial charge is 0.386 e. The minimum absolute atomic E-state index is 0.638. The fourth-order valence-electron chi connectivity index (χ4n) is 0.474. The number of aliphatic hydroxyl groups excluding tert-OH is 1. The molecule has 66 valence electrons. The highest BCUT2D eigenvalue weighted by Gasteiger charge is 2.28. The van der Waals surface area contributed by atoms with E-state index in [2.05, 4.69) is 0 Å². The molecule has 0 saturated carbocycles. The largest absolute Gasteiger partial charge is 0.389 e. The number of Topliss-reactive ketones (excluding diaryl/α,β-unsaturated/α-hetero) is 1. The minimum Gasteiger partial charge on any atom is -0.386 e. The maximum Gasteiger partial charge on any atom is 0.389 e. The first-order valence-corrected chi connectivity index (χ1v) is 3.10. The third kappa shape index (κ3) is 5.84. The van der Waals surface area contributed by atoms with Gasteiger partial charge in [0.15, 0.2) is 5.78 Å². The number of halogens is 3. The zero-order valence-electron chi connectivity index (χ0n) is 5.98. The summed E-state index contributed by atoms with van der Waals surface area (Å²) < 4.78 is 34.3. The SMILES string of the molecule is CC(O)C(=O)CCC(F)(F)F. The summed E-state index contributed by atoms with van der Waals surface area (Å²) in [7, 11) is 0. The summed E-state index contributed by atoms with van der Waals surface area (Å²) in [4.78, 5) is 10.4. The van der Waals surface area contributed by atoms with Gasteiger partial charge in [0.2, 0.25) is 0 Å². The van der Waals surface area contributed by atoms with Crippen LogP contribution in [0.25, 0.3) is 0 Å². The van der Waals surface area contributed by atoms with Crippen LogP contribution in [0.4, 0.5) is 13.2 Å². The first-order chi connectivity index (χ1) is 4.83. The summed E-state index contributed by atoms with van der Waals surface area (Å²) in [5.74, 6) is -0.776. The maximum atomic E-state index is 11.4. The zero-order valence-corrected chi connectivity index (χ0v) is 5.98. The molecule has 0 aromatic carbocycles. The molecule has 0 saturated heterocycles. The number of carbonyl (C=O) groups excluding carboxylic acids is 1. The Morgan fingerprint density at radius 2 is 2.00 bits per heavy atom. The number of carbonyl (C=O) groups is 1. The molecule has 0 bridgehead atoms. The maximum absolute atomic E-state index is 11.4. The van der Waals surface area contributed by atoms with Gasteiger partial charge in [-0.2, -0.15) is 13.2 Å². The predicted molar refractivity (Wildman–Crippen MR) is 32.0 cm³/mol. The van der Waals surface area contributed by atoms with E-state index in [1.807, 2.05) is 0 Å². The van der Waals surface area contributed by atoms with E-state index in [9.17, 15) is 18.0 Å². The Morgan fingerprint density at radius 1 is 1.55 bits per heavy atom. The number of ketones is 1. The standard InChI is InChI=1S/C6H9F3O2/c1-4(10)5(11)2-3-6(7,8)9/h4,10H,2-3H2,1H3. The Bertz CT molecular complexity index is 139. The van der Waals surface area contributed by atoms with Crippen molar-refractivity contribution in [2.24, 2.45) is 0 Å². The highest BCUT2D eigenvalue weighted by atomic mass is 19.4. The summed E-state index contributed by atoms with van der Waals surface area (Å²) in [6.07, 6.45) is -7.40. The Morgan fingerprint density at radius 3 is 2.27 bits per heavy atom. The molecular formula is C6H9F3O2. The van der Waals surface area contributed by atoms with E-state index in [1.165, 1.54) is 0 Å². The number of alkyl halides is 3. The Hall–Kier alpha value is -0.580. The number of hydrogen-bond donors (Lipinski definition) is 1. The molecule has 0 aliphatic carbocycles. The third-order valence-electron chi connectivity index (χ3n) is 1.12. The molecule has 0 aromatic heterocycles. The summed E-state index contributed by atoms with van der Waals surface area (Å²) in [5, 5.41) is 8.50. The second-order valence-electron chi connectivity index (χ2n) is 2.26. The molecule has 0 heterocycles. The molecule has 5 heteroatoms. The molecule has 0 aliphatic rings. The van der Waals surface area contributed by atoms with Crippen molar-refractivity contribution >= 4 is 5.78 Å². The van der Waals surface area contributed by atoms with Gasteiger partial charge in [-0.25, -0.2) is 0 Å². The van der Waals surface area contributed by atoms with Crippen LogP contribution in [-0.4, -0.2) is 23.2 Å². The van der Waals surface area contributed by atoms with E-state index >= 15 is 0 Å². The van der Waals surface area contributed by atoms with Crippen LogP contribution in [0, 0.1) is 0 Å². The van der Waals surface area contributed by atoms with Crippen LogP contribution in [0.5, 0.6) is 0 Å². The van der Waals surface area contributed by atoms with Crippen molar-refractivity contribution in [3.8, 4) is 0 Å². The van der Waals surface area contributed by atoms with Gasteiger partial charge in [0.1, 0.15) is 6.10 Å². The van der Waals surface area contributed by atoms with Crippen LogP contribution in [0.1, 0.15) is 19.8 Å². The van der Waals surface area contributed by atoms with E-state index in [1.54, 1.807) is 0 Å². The fraction of sp³-hybridized carbons (Fsp3) is 0.833. The molecule has 0 spiro atoms. The van der Waals surface area contributed by atoms with Gasteiger partial charge in [-0.05, 0) is 6.92 Å². The van der Waals surface area contributed by atoms with Gasteiger partial charge in [0, 0.05) is 6.42 Å². The van der Waals surface area contributed by atoms with Crippen molar-refractivity contribution < 1.29 is 23.1 Å². The predicted octanol–water partition coefficient (Wildman–Crippen LogP) is 1.28. The highest BCUT2D eigenvalue weighted by Crippen LogP contribution is 2.21. The quantitative estimate of drug-likeness (QED) is 0.692. The molecular weight excluding hydrogens is 161 g/mol. The lowest BCUT2D eigenvalue weighted by molar-refractivity contribution is -0.146. The number of rotatable bonds is 3. The summed E-state index contributed by atoms with van der Waals surface area (Å²) in [6.45, 7) is 1.15. The van der Waals surface area contributed by atoms with Crippen LogP contribution in [0.15, 0.2) is 0 Å². The van der Waals surface area contributed by atoms with Crippen molar-refractivity contribution in [2.45, 2.75) is 32.0 Å². The van der Waals surface area contributed by atoms with Crippen LogP contribution in [-0.2, 0) is 4.79 Å². The molecule has 0 aliphatic heterocycles. The monoisotopic (exact) mass is 170 g/mol. The normalized spacial score (nSPS) is 14.6. The van der Waals surface area contributed by atoms with Gasteiger partial charge in [-0.1, -0.05) is 0 Å². The molecule has 0 rings (SSSR count). The van der Waals surface area contributed by atoms with Gasteiger partial charge in [0.25, 0.3) is 0 Å². The summed E-state index contributed by atoms with van der Waals surface area (Å²) in [6, 6.07) is 0. The van der Waals surface area contributed by atoms with Gasteiger partial charge in [-0.15, -0.1) is 0 Å². The number of hydrogen-bond acceptors (Lipinski definition) is 2. The Kier molecular flexibility index (Phi) is 3.51. The van der Waals surface area contributed by atoms with Crippen molar-refractivity contribution in [3.05, 3.63) is 0 Å². The topological polar surface area (TPSA) is 37.3 Å². The average molecular weight is 170 g/mol. The molecule has 1 unspecified atom stereocenters. The van der Waals surface area contributed by atoms with Crippen LogP contribution >= 0.6 is 0 Å². The lowest BCUT2D eigenvalue weighted by atomic mass is 10.1. The first-order valence-electron chi connectivity index (χ1n) is 3.10. The van der Waals surface area contributed by atoms with E-state index in [0.717, 1.165) is 6.92 Å². The van der Waals surface area contributed by atoms with Gasteiger partial charge in [-0.3, -0.25) is 4.79 Å². The minimum atomic E-state index is -4.31. The van der Waals surface area contributed by atoms with E-state index in [0.29, 0.717) is 0 Å². The second kappa shape index (κ2) is 3.71. The van der Waals surface area contributed by atoms with Crippen LogP contribution in [0.2, 0.25) is 0 Å². The fourth-order valence-corrected chi connectivity index (χ4v) is 0.474. The van der Waals surface area contributed by atoms with E-state index in [-0.39, 0.29) is 0 Å². The van der Waals surface area contributed by atoms with E-state index < -0.39 is 30.9 Å². The summed E-state index contributed by atoms with van der Waals surface area (Å²) >= 11 is 0. The van der Waals surface area contributed by atoms with Crippen LogP contribution in [0.3, 0.4) is 0 Å². The number of aliphatic hydroxyl groups is 1. The summed E-state index contributed by atoms with van der Waals surface area (Å²) in [5.41, 5.74) is 0. The molecule has 0 amide bonds. The molecule has 1 atom stereocenters. The van der Waals surface area contributed by atoms with Crippen molar-refractivity contribution in [2.75, 3.05) is 0 Å². The molecule has 0 fully saturated rings. The van der Waals surface area contributed by atoms with Gasteiger partial charge < -0.3 is 5.11 Å². The zero-order chi connectivity index (χ0) is 9.07. The second-order valence-corrected chi connectivity index (χ2v) is 2.26. The van der Waals surface area contributed by atoms with Crippen LogP contribution < -0.4 is 0 Å². The molecule has 2 nitrogen and oxygen atoms in total. The molecule has 0 aromatic rings.